The predicted molar refractivity (Wildman–Crippen MR) is 119 cm³/mol. The molecule has 0 aromatic heterocycles. The Morgan fingerprint density at radius 3 is 1.94 bits per heavy atom. The third-order valence-electron chi connectivity index (χ3n) is 5.37. The van der Waals surface area contributed by atoms with Crippen molar-refractivity contribution in [3.8, 4) is 11.8 Å². The van der Waals surface area contributed by atoms with Gasteiger partial charge in [0.05, 0.1) is 5.56 Å². The molecule has 0 spiro atoms. The molecule has 4 aromatic carbocycles. The highest BCUT2D eigenvalue weighted by molar-refractivity contribution is 5.84. The Morgan fingerprint density at radius 2 is 1.23 bits per heavy atom. The summed E-state index contributed by atoms with van der Waals surface area (Å²) in [5.41, 5.74) is 3.38. The zero-order valence-corrected chi connectivity index (χ0v) is 17.2. The minimum Gasteiger partial charge on any atom is -0.207 e. The monoisotopic (exact) mass is 414 g/mol. The molecule has 0 saturated carbocycles. The van der Waals surface area contributed by atoms with Crippen LogP contribution in [0.1, 0.15) is 34.7 Å². The lowest BCUT2D eigenvalue weighted by Gasteiger charge is -2.06. The van der Waals surface area contributed by atoms with Gasteiger partial charge in [-0.15, -0.1) is 0 Å². The molecular weight excluding hydrogens is 393 g/mol. The van der Waals surface area contributed by atoms with Crippen LogP contribution in [0.3, 0.4) is 0 Å². The van der Waals surface area contributed by atoms with Crippen molar-refractivity contribution in [3.05, 3.63) is 118 Å². The van der Waals surface area contributed by atoms with Crippen molar-refractivity contribution < 1.29 is 13.2 Å². The summed E-state index contributed by atoms with van der Waals surface area (Å²) in [5, 5.41) is 1.56. The Labute approximate surface area is 180 Å². The molecule has 0 bridgehead atoms. The number of benzene rings is 4. The highest BCUT2D eigenvalue weighted by Gasteiger charge is 2.10. The second-order valence-electron chi connectivity index (χ2n) is 7.56. The molecule has 0 saturated heterocycles. The Kier molecular flexibility index (Phi) is 6.09. The lowest BCUT2D eigenvalue weighted by molar-refractivity contribution is 0.573. The highest BCUT2D eigenvalue weighted by atomic mass is 19.1. The first kappa shape index (κ1) is 20.8. The molecule has 4 aromatic rings. The van der Waals surface area contributed by atoms with Gasteiger partial charge in [0.25, 0.3) is 0 Å². The van der Waals surface area contributed by atoms with Gasteiger partial charge < -0.3 is 0 Å². The molecule has 31 heavy (non-hydrogen) atoms. The van der Waals surface area contributed by atoms with Crippen LogP contribution in [0.4, 0.5) is 13.2 Å². The fourth-order valence-electron chi connectivity index (χ4n) is 3.55. The van der Waals surface area contributed by atoms with E-state index in [-0.39, 0.29) is 11.4 Å². The van der Waals surface area contributed by atoms with Crippen LogP contribution in [0.25, 0.3) is 10.8 Å². The maximum atomic E-state index is 14.6. The zero-order chi connectivity index (χ0) is 21.8. The Morgan fingerprint density at radius 1 is 0.613 bits per heavy atom. The van der Waals surface area contributed by atoms with Gasteiger partial charge in [0, 0.05) is 5.56 Å². The van der Waals surface area contributed by atoms with Gasteiger partial charge in [-0.3, -0.25) is 0 Å². The Hall–Kier alpha value is -3.51. The van der Waals surface area contributed by atoms with Crippen LogP contribution in [0.15, 0.2) is 72.8 Å². The molecular formula is C28H21F3. The SMILES string of the molecule is CCc1ccc(CCc2cc(F)c(C#Cc3ccc4cc(F)ccc4c3)c(F)c2)cc1. The van der Waals surface area contributed by atoms with Crippen molar-refractivity contribution in [2.24, 2.45) is 0 Å². The first-order valence-corrected chi connectivity index (χ1v) is 10.3. The van der Waals surface area contributed by atoms with E-state index >= 15 is 0 Å². The van der Waals surface area contributed by atoms with Gasteiger partial charge in [0.2, 0.25) is 0 Å². The lowest BCUT2D eigenvalue weighted by atomic mass is 10.0. The zero-order valence-electron chi connectivity index (χ0n) is 17.2. The first-order chi connectivity index (χ1) is 15.0. The molecule has 0 atom stereocenters. The Bertz CT molecular complexity index is 1270. The normalized spacial score (nSPS) is 10.7. The van der Waals surface area contributed by atoms with E-state index in [4.69, 9.17) is 0 Å². The number of hydrogen-bond donors (Lipinski definition) is 0. The summed E-state index contributed by atoms with van der Waals surface area (Å²) in [5.74, 6) is 3.79. The summed E-state index contributed by atoms with van der Waals surface area (Å²) in [7, 11) is 0. The molecule has 0 aliphatic carbocycles. The van der Waals surface area contributed by atoms with E-state index in [0.29, 0.717) is 24.0 Å². The van der Waals surface area contributed by atoms with Gasteiger partial charge in [-0.05, 0) is 83.1 Å². The number of halogens is 3. The molecule has 0 radical (unpaired) electrons. The molecule has 3 heteroatoms. The largest absolute Gasteiger partial charge is 0.207 e. The molecule has 154 valence electrons. The average Bonchev–Trinajstić information content (AvgIpc) is 2.77. The highest BCUT2D eigenvalue weighted by Crippen LogP contribution is 2.19. The third-order valence-corrected chi connectivity index (χ3v) is 5.37. The number of hydrogen-bond acceptors (Lipinski definition) is 0. The van der Waals surface area contributed by atoms with Gasteiger partial charge in [-0.1, -0.05) is 55.2 Å². The van der Waals surface area contributed by atoms with Crippen LogP contribution in [-0.2, 0) is 19.3 Å². The molecule has 0 amide bonds. The fraction of sp³-hybridized carbons (Fsp3) is 0.143. The van der Waals surface area contributed by atoms with E-state index in [1.807, 2.05) is 0 Å². The molecule has 0 heterocycles. The van der Waals surface area contributed by atoms with E-state index in [0.717, 1.165) is 22.8 Å². The lowest BCUT2D eigenvalue weighted by Crippen LogP contribution is -1.97. The van der Waals surface area contributed by atoms with E-state index < -0.39 is 11.6 Å². The van der Waals surface area contributed by atoms with Crippen LogP contribution in [0.5, 0.6) is 0 Å². The van der Waals surface area contributed by atoms with E-state index in [1.165, 1.54) is 29.8 Å². The number of aryl methyl sites for hydroxylation is 3. The summed E-state index contributed by atoms with van der Waals surface area (Å²) < 4.78 is 42.4. The van der Waals surface area contributed by atoms with Crippen molar-refractivity contribution in [2.45, 2.75) is 26.2 Å². The maximum absolute atomic E-state index is 14.6. The summed E-state index contributed by atoms with van der Waals surface area (Å²) in [6.45, 7) is 2.10. The van der Waals surface area contributed by atoms with Crippen molar-refractivity contribution in [1.82, 2.24) is 0 Å². The van der Waals surface area contributed by atoms with Gasteiger partial charge in [-0.2, -0.15) is 0 Å². The van der Waals surface area contributed by atoms with Crippen molar-refractivity contribution in [1.29, 1.82) is 0 Å². The smallest absolute Gasteiger partial charge is 0.142 e. The van der Waals surface area contributed by atoms with E-state index in [1.54, 1.807) is 24.3 Å². The Balaban J connectivity index is 1.51. The molecule has 0 fully saturated rings. The number of fused-ring (bicyclic) bond motifs is 1. The third kappa shape index (κ3) is 4.98. The van der Waals surface area contributed by atoms with Crippen LogP contribution >= 0.6 is 0 Å². The molecule has 0 N–H and O–H groups in total. The van der Waals surface area contributed by atoms with Gasteiger partial charge >= 0.3 is 0 Å². The van der Waals surface area contributed by atoms with Crippen molar-refractivity contribution in [2.75, 3.05) is 0 Å². The summed E-state index contributed by atoms with van der Waals surface area (Å²) >= 11 is 0. The van der Waals surface area contributed by atoms with Crippen LogP contribution in [0, 0.1) is 29.3 Å². The molecule has 0 unspecified atom stereocenters. The van der Waals surface area contributed by atoms with Gasteiger partial charge in [0.15, 0.2) is 0 Å². The number of rotatable bonds is 4. The van der Waals surface area contributed by atoms with E-state index in [2.05, 4.69) is 43.0 Å². The fourth-order valence-corrected chi connectivity index (χ4v) is 3.55. The average molecular weight is 414 g/mol. The second kappa shape index (κ2) is 9.10. The van der Waals surface area contributed by atoms with Gasteiger partial charge in [0.1, 0.15) is 17.5 Å². The first-order valence-electron chi connectivity index (χ1n) is 10.3. The quantitative estimate of drug-likeness (QED) is 0.315. The second-order valence-corrected chi connectivity index (χ2v) is 7.56. The van der Waals surface area contributed by atoms with Crippen LogP contribution in [0.2, 0.25) is 0 Å². The van der Waals surface area contributed by atoms with Crippen LogP contribution < -0.4 is 0 Å². The van der Waals surface area contributed by atoms with E-state index in [9.17, 15) is 13.2 Å². The van der Waals surface area contributed by atoms with Crippen molar-refractivity contribution >= 4 is 10.8 Å². The summed E-state index contributed by atoms with van der Waals surface area (Å²) in [6.07, 6.45) is 2.25. The summed E-state index contributed by atoms with van der Waals surface area (Å²) in [4.78, 5) is 0. The molecule has 0 aliphatic heterocycles. The summed E-state index contributed by atoms with van der Waals surface area (Å²) in [6, 6.07) is 20.7. The predicted octanol–water partition coefficient (Wildman–Crippen LogP) is 7.00. The molecule has 4 rings (SSSR count). The molecule has 0 nitrogen and oxygen atoms in total. The standard InChI is InChI=1S/C28H21F3/c1-2-19-3-5-20(6-4-19)7-8-22-16-27(30)26(28(31)17-22)14-10-21-9-11-24-18-25(29)13-12-23(24)15-21/h3-6,9,11-13,15-18H,2,7-8H2,1H3. The minimum absolute atomic E-state index is 0.241. The van der Waals surface area contributed by atoms with Crippen LogP contribution in [-0.4, -0.2) is 0 Å². The molecule has 0 aliphatic rings. The maximum Gasteiger partial charge on any atom is 0.142 e. The van der Waals surface area contributed by atoms with Crippen molar-refractivity contribution in [3.63, 3.8) is 0 Å². The topological polar surface area (TPSA) is 0 Å². The minimum atomic E-state index is -0.660. The van der Waals surface area contributed by atoms with Gasteiger partial charge in [-0.25, -0.2) is 13.2 Å².